The van der Waals surface area contributed by atoms with Gasteiger partial charge in [-0.2, -0.15) is 0 Å². The van der Waals surface area contributed by atoms with Crippen LogP contribution in [0.3, 0.4) is 0 Å². The number of carboxylic acids is 1. The van der Waals surface area contributed by atoms with Crippen LogP contribution in [-0.4, -0.2) is 44.4 Å². The van der Waals surface area contributed by atoms with Crippen LogP contribution in [0.1, 0.15) is 22.6 Å². The highest BCUT2D eigenvalue weighted by Gasteiger charge is 2.29. The third kappa shape index (κ3) is 4.25. The molecule has 0 radical (unpaired) electrons. The Morgan fingerprint density at radius 1 is 1.03 bits per heavy atom. The van der Waals surface area contributed by atoms with E-state index < -0.39 is 18.1 Å². The van der Waals surface area contributed by atoms with Crippen molar-refractivity contribution in [3.05, 3.63) is 102 Å². The van der Waals surface area contributed by atoms with Crippen LogP contribution in [0.15, 0.2) is 85.6 Å². The first-order valence-electron chi connectivity index (χ1n) is 10.9. The smallest absolute Gasteiger partial charge is 0.407 e. The molecule has 0 bridgehead atoms. The number of aliphatic carboxylic acids is 1. The number of amides is 1. The number of benzene rings is 2. The monoisotopic (exact) mass is 454 g/mol. The number of hydrogen-bond acceptors (Lipinski definition) is 5. The minimum absolute atomic E-state index is 0.0801. The van der Waals surface area contributed by atoms with Crippen molar-refractivity contribution < 1.29 is 19.4 Å². The van der Waals surface area contributed by atoms with Crippen LogP contribution in [0, 0.1) is 0 Å². The number of nitrogens with zero attached hydrogens (tertiary/aromatic N) is 3. The topological polar surface area (TPSA) is 106 Å². The Hall–Kier alpha value is -4.46. The molecule has 4 aromatic rings. The number of ether oxygens (including phenoxy) is 1. The van der Waals surface area contributed by atoms with Crippen molar-refractivity contribution in [2.75, 3.05) is 6.61 Å². The zero-order chi connectivity index (χ0) is 23.5. The minimum atomic E-state index is -1.15. The number of carbonyl (C=O) groups excluding carboxylic acids is 1. The quantitative estimate of drug-likeness (QED) is 0.440. The molecule has 0 saturated heterocycles. The van der Waals surface area contributed by atoms with Gasteiger partial charge in [0, 0.05) is 30.9 Å². The largest absolute Gasteiger partial charge is 0.480 e. The van der Waals surface area contributed by atoms with Gasteiger partial charge in [-0.25, -0.2) is 19.6 Å². The molecule has 0 saturated carbocycles. The van der Waals surface area contributed by atoms with E-state index in [-0.39, 0.29) is 18.9 Å². The molecule has 0 unspecified atom stereocenters. The number of alkyl carbamates (subject to hydrolysis) is 1. The van der Waals surface area contributed by atoms with Gasteiger partial charge in [-0.3, -0.25) is 4.57 Å². The van der Waals surface area contributed by atoms with Crippen LogP contribution in [-0.2, 0) is 16.0 Å². The predicted octanol–water partition coefficient (Wildman–Crippen LogP) is 3.80. The highest BCUT2D eigenvalue weighted by atomic mass is 16.5. The summed E-state index contributed by atoms with van der Waals surface area (Å²) in [7, 11) is 0. The number of aromatic nitrogens is 3. The molecule has 8 nitrogen and oxygen atoms in total. The Kier molecular flexibility index (Phi) is 5.78. The van der Waals surface area contributed by atoms with E-state index >= 15 is 0 Å². The fraction of sp³-hybridized carbons (Fsp3) is 0.154. The van der Waals surface area contributed by atoms with Crippen LogP contribution >= 0.6 is 0 Å². The van der Waals surface area contributed by atoms with Gasteiger partial charge in [0.25, 0.3) is 0 Å². The summed E-state index contributed by atoms with van der Waals surface area (Å²) in [5.74, 6) is -0.578. The molecule has 170 valence electrons. The lowest BCUT2D eigenvalue weighted by Gasteiger charge is -2.17. The summed E-state index contributed by atoms with van der Waals surface area (Å²) in [6.07, 6.45) is 5.94. The molecular weight excluding hydrogens is 432 g/mol. The lowest BCUT2D eigenvalue weighted by molar-refractivity contribution is -0.139. The normalized spacial score (nSPS) is 13.1. The fourth-order valence-electron chi connectivity index (χ4n) is 4.30. The number of hydrogen-bond donors (Lipinski definition) is 2. The number of rotatable bonds is 7. The molecular formula is C26H22N4O4. The van der Waals surface area contributed by atoms with E-state index in [0.29, 0.717) is 11.4 Å². The van der Waals surface area contributed by atoms with Gasteiger partial charge in [-0.1, -0.05) is 54.6 Å². The maximum absolute atomic E-state index is 12.5. The molecule has 1 aliphatic rings. The van der Waals surface area contributed by atoms with Gasteiger partial charge in [0.15, 0.2) is 0 Å². The van der Waals surface area contributed by atoms with Gasteiger partial charge >= 0.3 is 12.1 Å². The molecule has 1 aliphatic carbocycles. The first-order chi connectivity index (χ1) is 16.6. The van der Waals surface area contributed by atoms with E-state index in [0.717, 1.165) is 22.3 Å². The van der Waals surface area contributed by atoms with Crippen LogP contribution in [0.4, 0.5) is 4.79 Å². The Morgan fingerprint density at radius 2 is 1.74 bits per heavy atom. The number of imidazole rings is 1. The van der Waals surface area contributed by atoms with E-state index in [9.17, 15) is 14.7 Å². The van der Waals surface area contributed by atoms with Crippen molar-refractivity contribution in [2.24, 2.45) is 0 Å². The zero-order valence-electron chi connectivity index (χ0n) is 18.2. The van der Waals surface area contributed by atoms with E-state index in [4.69, 9.17) is 4.74 Å². The minimum Gasteiger partial charge on any atom is -0.480 e. The van der Waals surface area contributed by atoms with Crippen LogP contribution in [0.2, 0.25) is 0 Å². The summed E-state index contributed by atoms with van der Waals surface area (Å²) in [6, 6.07) is 18.5. The van der Waals surface area contributed by atoms with Gasteiger partial charge < -0.3 is 15.2 Å². The lowest BCUT2D eigenvalue weighted by atomic mass is 9.98. The molecule has 2 N–H and O–H groups in total. The molecule has 1 atom stereocenters. The Balaban J connectivity index is 1.23. The number of nitrogens with one attached hydrogen (secondary N) is 1. The number of carboxylic acid groups (broad SMARTS) is 1. The molecule has 5 rings (SSSR count). The van der Waals surface area contributed by atoms with E-state index in [1.54, 1.807) is 41.6 Å². The third-order valence-corrected chi connectivity index (χ3v) is 5.95. The van der Waals surface area contributed by atoms with Crippen molar-refractivity contribution in [3.8, 4) is 16.9 Å². The molecule has 2 aromatic carbocycles. The summed E-state index contributed by atoms with van der Waals surface area (Å²) >= 11 is 0. The van der Waals surface area contributed by atoms with E-state index in [1.165, 1.54) is 0 Å². The van der Waals surface area contributed by atoms with Crippen molar-refractivity contribution in [3.63, 3.8) is 0 Å². The van der Waals surface area contributed by atoms with Crippen molar-refractivity contribution >= 4 is 12.1 Å². The molecule has 1 amide bonds. The summed E-state index contributed by atoms with van der Waals surface area (Å²) < 4.78 is 7.23. The second-order valence-corrected chi connectivity index (χ2v) is 8.06. The van der Waals surface area contributed by atoms with Crippen molar-refractivity contribution in [1.82, 2.24) is 19.9 Å². The summed E-state index contributed by atoms with van der Waals surface area (Å²) in [4.78, 5) is 32.6. The molecule has 8 heteroatoms. The van der Waals surface area contributed by atoms with Gasteiger partial charge in [0.2, 0.25) is 0 Å². The molecule has 34 heavy (non-hydrogen) atoms. The Labute approximate surface area is 195 Å². The number of fused-ring (bicyclic) bond motifs is 3. The molecule has 0 spiro atoms. The van der Waals surface area contributed by atoms with Gasteiger partial charge in [-0.05, 0) is 33.9 Å². The van der Waals surface area contributed by atoms with E-state index in [2.05, 4.69) is 27.4 Å². The summed E-state index contributed by atoms with van der Waals surface area (Å²) in [5, 5.41) is 12.1. The Bertz CT molecular complexity index is 1270. The average molecular weight is 454 g/mol. The second-order valence-electron chi connectivity index (χ2n) is 8.06. The zero-order valence-corrected chi connectivity index (χ0v) is 18.2. The van der Waals surface area contributed by atoms with Crippen molar-refractivity contribution in [2.45, 2.75) is 18.4 Å². The Morgan fingerprint density at radius 3 is 2.32 bits per heavy atom. The molecule has 0 aliphatic heterocycles. The second kappa shape index (κ2) is 9.19. The van der Waals surface area contributed by atoms with Gasteiger partial charge in [0.1, 0.15) is 24.8 Å². The lowest BCUT2D eigenvalue weighted by Crippen LogP contribution is -2.42. The molecule has 0 fully saturated rings. The maximum Gasteiger partial charge on any atom is 0.407 e. The average Bonchev–Trinajstić information content (AvgIpc) is 3.50. The standard InChI is InChI=1S/C26H22N4O4/c31-25(32)23(13-17-9-10-24(28-14-17)30-12-11-27-16-30)29-26(33)34-15-22-20-7-3-1-5-18(20)19-6-2-4-8-21(19)22/h1-12,14,16,22-23H,13,15H2,(H,29,33)(H,31,32)/t23-/m0/s1. The van der Waals surface area contributed by atoms with Crippen LogP contribution < -0.4 is 5.32 Å². The van der Waals surface area contributed by atoms with Crippen molar-refractivity contribution in [1.29, 1.82) is 0 Å². The van der Waals surface area contributed by atoms with Crippen LogP contribution in [0.5, 0.6) is 0 Å². The maximum atomic E-state index is 12.5. The summed E-state index contributed by atoms with van der Waals surface area (Å²) in [6.45, 7) is 0.118. The third-order valence-electron chi connectivity index (χ3n) is 5.95. The predicted molar refractivity (Wildman–Crippen MR) is 125 cm³/mol. The molecule has 2 aromatic heterocycles. The van der Waals surface area contributed by atoms with E-state index in [1.807, 2.05) is 36.4 Å². The number of pyridine rings is 1. The van der Waals surface area contributed by atoms with Crippen LogP contribution in [0.25, 0.3) is 16.9 Å². The van der Waals surface area contributed by atoms with Gasteiger partial charge in [-0.15, -0.1) is 0 Å². The highest BCUT2D eigenvalue weighted by Crippen LogP contribution is 2.44. The highest BCUT2D eigenvalue weighted by molar-refractivity contribution is 5.81. The SMILES string of the molecule is O=C(N[C@@H](Cc1ccc(-n2ccnc2)nc1)C(=O)O)OCC1c2ccccc2-c2ccccc21. The number of carbonyl (C=O) groups is 2. The first-order valence-corrected chi connectivity index (χ1v) is 10.9. The fourth-order valence-corrected chi connectivity index (χ4v) is 4.30. The molecule has 2 heterocycles. The summed E-state index contributed by atoms with van der Waals surface area (Å²) in [5.41, 5.74) is 5.12. The van der Waals surface area contributed by atoms with Gasteiger partial charge in [0.05, 0.1) is 0 Å². The first kappa shape index (κ1) is 21.4.